The number of rotatable bonds is 5. The second-order valence-corrected chi connectivity index (χ2v) is 5.02. The van der Waals surface area contributed by atoms with Crippen LogP contribution in [0.3, 0.4) is 0 Å². The molecule has 0 atom stereocenters. The lowest BCUT2D eigenvalue weighted by Gasteiger charge is -2.15. The molecule has 1 heterocycles. The third-order valence-electron chi connectivity index (χ3n) is 3.39. The van der Waals surface area contributed by atoms with Gasteiger partial charge >= 0.3 is 5.97 Å². The average molecular weight is 326 g/mol. The minimum Gasteiger partial charge on any atom is -0.466 e. The number of hydrogen-bond acceptors (Lipinski definition) is 5. The molecule has 2 N–H and O–H groups in total. The fraction of sp³-hybridized carbons (Fsp3) is 0.333. The van der Waals surface area contributed by atoms with E-state index in [2.05, 4.69) is 10.1 Å². The number of aryl methyl sites for hydroxylation is 1. The summed E-state index contributed by atoms with van der Waals surface area (Å²) in [5.41, 5.74) is -0.448. The summed E-state index contributed by atoms with van der Waals surface area (Å²) in [5, 5.41) is 11.3. The maximum atomic E-state index is 13.9. The van der Waals surface area contributed by atoms with Crippen LogP contribution in [0.5, 0.6) is 0 Å². The van der Waals surface area contributed by atoms with Gasteiger partial charge in [-0.1, -0.05) is 0 Å². The molecule has 8 heteroatoms. The van der Waals surface area contributed by atoms with Crippen molar-refractivity contribution >= 4 is 17.6 Å². The Morgan fingerprint density at radius 1 is 1.39 bits per heavy atom. The molecule has 1 aliphatic heterocycles. The Morgan fingerprint density at radius 2 is 2.00 bits per heavy atom. The topological polar surface area (TPSA) is 78.9 Å². The molecule has 0 saturated carbocycles. The van der Waals surface area contributed by atoms with Gasteiger partial charge in [0.1, 0.15) is 23.0 Å². The van der Waals surface area contributed by atoms with Crippen LogP contribution in [0.15, 0.2) is 23.4 Å². The lowest BCUT2D eigenvalue weighted by molar-refractivity contribution is -0.136. The zero-order valence-corrected chi connectivity index (χ0v) is 12.7. The Labute approximate surface area is 131 Å². The van der Waals surface area contributed by atoms with Crippen molar-refractivity contribution in [1.82, 2.24) is 4.90 Å². The Hall–Kier alpha value is -2.48. The third kappa shape index (κ3) is 3.31. The van der Waals surface area contributed by atoms with Crippen molar-refractivity contribution in [3.63, 3.8) is 0 Å². The van der Waals surface area contributed by atoms with Crippen LogP contribution in [-0.2, 0) is 14.3 Å². The first kappa shape index (κ1) is 16.9. The molecule has 0 radical (unpaired) electrons. The van der Waals surface area contributed by atoms with Gasteiger partial charge in [-0.05, 0) is 24.6 Å². The maximum absolute atomic E-state index is 13.9. The van der Waals surface area contributed by atoms with Gasteiger partial charge in [0.15, 0.2) is 0 Å². The van der Waals surface area contributed by atoms with Crippen molar-refractivity contribution in [2.24, 2.45) is 0 Å². The van der Waals surface area contributed by atoms with Crippen molar-refractivity contribution in [1.29, 1.82) is 0 Å². The molecule has 0 aromatic heterocycles. The average Bonchev–Trinajstić information content (AvgIpc) is 2.79. The summed E-state index contributed by atoms with van der Waals surface area (Å²) in [6, 6.07) is 2.21. The molecule has 0 bridgehead atoms. The normalized spacial score (nSPS) is 14.5. The van der Waals surface area contributed by atoms with Gasteiger partial charge in [0.05, 0.1) is 25.8 Å². The Morgan fingerprint density at radius 3 is 2.52 bits per heavy atom. The largest absolute Gasteiger partial charge is 0.466 e. The van der Waals surface area contributed by atoms with Crippen LogP contribution in [0.1, 0.15) is 5.56 Å². The molecule has 0 spiro atoms. The zero-order valence-electron chi connectivity index (χ0n) is 12.7. The summed E-state index contributed by atoms with van der Waals surface area (Å²) in [7, 11) is 1.14. The van der Waals surface area contributed by atoms with Crippen LogP contribution in [0.4, 0.5) is 14.5 Å². The number of carbonyl (C=O) groups excluding carboxylic acids is 2. The number of esters is 1. The van der Waals surface area contributed by atoms with Gasteiger partial charge in [0.25, 0.3) is 5.91 Å². The Balaban J connectivity index is 2.41. The highest BCUT2D eigenvalue weighted by Gasteiger charge is 2.35. The molecule has 0 aliphatic carbocycles. The number of halogens is 2. The predicted octanol–water partition coefficient (Wildman–Crippen LogP) is 0.947. The van der Waals surface area contributed by atoms with E-state index >= 15 is 0 Å². The SMILES string of the molecule is COC(=O)C1=C(Nc2c(F)cc(C)cc2F)C(=O)N(CCO)C1. The summed E-state index contributed by atoms with van der Waals surface area (Å²) in [4.78, 5) is 25.2. The van der Waals surface area contributed by atoms with E-state index in [1.807, 2.05) is 0 Å². The number of amides is 1. The molecule has 1 amide bonds. The number of methoxy groups -OCH3 is 1. The van der Waals surface area contributed by atoms with Gasteiger partial charge < -0.3 is 20.1 Å². The predicted molar refractivity (Wildman–Crippen MR) is 77.4 cm³/mol. The van der Waals surface area contributed by atoms with Crippen LogP contribution in [0, 0.1) is 18.6 Å². The van der Waals surface area contributed by atoms with E-state index in [0.717, 1.165) is 19.2 Å². The Kier molecular flexibility index (Phi) is 4.95. The number of anilines is 1. The minimum atomic E-state index is -0.882. The zero-order chi connectivity index (χ0) is 17.1. The molecule has 23 heavy (non-hydrogen) atoms. The second kappa shape index (κ2) is 6.74. The first-order valence-corrected chi connectivity index (χ1v) is 6.83. The number of β-amino-alcohol motifs (C(OH)–C–C–N with tert-alkyl or cyclic N) is 1. The van der Waals surface area contributed by atoms with Crippen molar-refractivity contribution in [3.05, 3.63) is 40.6 Å². The number of aliphatic hydroxyl groups is 1. The number of carbonyl (C=O) groups is 2. The van der Waals surface area contributed by atoms with Crippen LogP contribution >= 0.6 is 0 Å². The lowest BCUT2D eigenvalue weighted by Crippen LogP contribution is -2.31. The van der Waals surface area contributed by atoms with E-state index in [1.54, 1.807) is 0 Å². The van der Waals surface area contributed by atoms with E-state index in [9.17, 15) is 18.4 Å². The summed E-state index contributed by atoms with van der Waals surface area (Å²) in [6.07, 6.45) is 0. The highest BCUT2D eigenvalue weighted by molar-refractivity contribution is 6.08. The van der Waals surface area contributed by atoms with Gasteiger partial charge in [-0.3, -0.25) is 4.79 Å². The van der Waals surface area contributed by atoms with Gasteiger partial charge in [0.2, 0.25) is 0 Å². The van der Waals surface area contributed by atoms with Gasteiger partial charge in [-0.25, -0.2) is 13.6 Å². The molecular weight excluding hydrogens is 310 g/mol. The number of nitrogens with zero attached hydrogens (tertiary/aromatic N) is 1. The molecule has 0 unspecified atom stereocenters. The second-order valence-electron chi connectivity index (χ2n) is 5.02. The molecular formula is C15H16F2N2O4. The molecule has 1 aromatic carbocycles. The quantitative estimate of drug-likeness (QED) is 0.788. The highest BCUT2D eigenvalue weighted by Crippen LogP contribution is 2.27. The van der Waals surface area contributed by atoms with Gasteiger partial charge in [-0.15, -0.1) is 0 Å². The molecule has 1 aromatic rings. The molecule has 124 valence electrons. The Bertz CT molecular complexity index is 665. The van der Waals surface area contributed by atoms with E-state index < -0.39 is 29.2 Å². The smallest absolute Gasteiger partial charge is 0.337 e. The summed E-state index contributed by atoms with van der Waals surface area (Å²) >= 11 is 0. The number of benzene rings is 1. The molecule has 6 nitrogen and oxygen atoms in total. The number of hydrogen-bond donors (Lipinski definition) is 2. The maximum Gasteiger partial charge on any atom is 0.337 e. The van der Waals surface area contributed by atoms with Crippen LogP contribution < -0.4 is 5.32 Å². The van der Waals surface area contributed by atoms with E-state index in [0.29, 0.717) is 5.56 Å². The monoisotopic (exact) mass is 326 g/mol. The van der Waals surface area contributed by atoms with E-state index in [4.69, 9.17) is 5.11 Å². The molecule has 0 saturated heterocycles. The highest BCUT2D eigenvalue weighted by atomic mass is 19.1. The van der Waals surface area contributed by atoms with Gasteiger partial charge in [-0.2, -0.15) is 0 Å². The molecule has 1 aliphatic rings. The lowest BCUT2D eigenvalue weighted by atomic mass is 10.2. The van der Waals surface area contributed by atoms with Crippen molar-refractivity contribution in [3.8, 4) is 0 Å². The van der Waals surface area contributed by atoms with Gasteiger partial charge in [0, 0.05) is 6.54 Å². The number of ether oxygens (including phenoxy) is 1. The van der Waals surface area contributed by atoms with Crippen LogP contribution in [0.25, 0.3) is 0 Å². The minimum absolute atomic E-state index is 0.0105. The fourth-order valence-corrected chi connectivity index (χ4v) is 2.29. The van der Waals surface area contributed by atoms with E-state index in [-0.39, 0.29) is 31.0 Å². The molecule has 2 rings (SSSR count). The van der Waals surface area contributed by atoms with Crippen molar-refractivity contribution in [2.75, 3.05) is 32.1 Å². The van der Waals surface area contributed by atoms with Crippen molar-refractivity contribution < 1.29 is 28.2 Å². The van der Waals surface area contributed by atoms with Crippen LogP contribution in [-0.4, -0.2) is 48.7 Å². The van der Waals surface area contributed by atoms with Crippen LogP contribution in [0.2, 0.25) is 0 Å². The number of aliphatic hydroxyl groups excluding tert-OH is 1. The first-order chi connectivity index (χ1) is 10.9. The first-order valence-electron chi connectivity index (χ1n) is 6.83. The number of nitrogens with one attached hydrogen (secondary N) is 1. The summed E-state index contributed by atoms with van der Waals surface area (Å²) < 4.78 is 32.5. The van der Waals surface area contributed by atoms with E-state index in [1.165, 1.54) is 11.8 Å². The van der Waals surface area contributed by atoms with Crippen molar-refractivity contribution in [2.45, 2.75) is 6.92 Å². The fourth-order valence-electron chi connectivity index (χ4n) is 2.29. The summed E-state index contributed by atoms with van der Waals surface area (Å²) in [6.45, 7) is 1.10. The third-order valence-corrected chi connectivity index (χ3v) is 3.39. The summed E-state index contributed by atoms with van der Waals surface area (Å²) in [5.74, 6) is -3.19. The standard InChI is InChI=1S/C15H16F2N2O4/c1-8-5-10(16)13(11(17)6-8)18-12-9(15(22)23-2)7-19(3-4-20)14(12)21/h5-6,18,20H,3-4,7H2,1-2H3. The molecule has 0 fully saturated rings.